The highest BCUT2D eigenvalue weighted by atomic mass is 15.1. The van der Waals surface area contributed by atoms with Crippen LogP contribution in [0.4, 0.5) is 0 Å². The minimum atomic E-state index is 0.653. The van der Waals surface area contributed by atoms with E-state index < -0.39 is 0 Å². The molecule has 0 saturated carbocycles. The zero-order chi connectivity index (χ0) is 5.82. The monoisotopic (exact) mass is 108 g/mol. The molecule has 0 spiro atoms. The van der Waals surface area contributed by atoms with Crippen LogP contribution < -0.4 is 5.32 Å². The molecule has 1 aliphatic rings. The van der Waals surface area contributed by atoms with E-state index >= 15 is 0 Å². The first-order valence-corrected chi connectivity index (χ1v) is 2.64. The molecule has 0 fully saturated rings. The van der Waals surface area contributed by atoms with Crippen LogP contribution in [0, 0.1) is 12.3 Å². The van der Waals surface area contributed by atoms with Crippen LogP contribution in [0.5, 0.6) is 0 Å². The maximum Gasteiger partial charge on any atom is 0.108 e. The first kappa shape index (κ1) is 5.17. The first-order chi connectivity index (χ1) is 3.93. The third-order valence-electron chi connectivity index (χ3n) is 1.01. The molecule has 0 radical (unpaired) electrons. The van der Waals surface area contributed by atoms with E-state index in [4.69, 9.17) is 6.42 Å². The van der Waals surface area contributed by atoms with E-state index in [0.717, 1.165) is 18.9 Å². The van der Waals surface area contributed by atoms with Crippen molar-refractivity contribution >= 4 is 5.84 Å². The smallest absolute Gasteiger partial charge is 0.108 e. The minimum absolute atomic E-state index is 0.653. The Labute approximate surface area is 49.0 Å². The molecule has 2 heteroatoms. The van der Waals surface area contributed by atoms with Gasteiger partial charge in [0.2, 0.25) is 0 Å². The molecule has 0 saturated heterocycles. The standard InChI is InChI=1S/C6H8N2/c1-2-3-6-7-4-5-8-6/h1H,3-5H2,(H,7,8). The Kier molecular flexibility index (Phi) is 1.53. The Bertz CT molecular complexity index is 141. The van der Waals surface area contributed by atoms with Crippen LogP contribution in [0.2, 0.25) is 0 Å². The van der Waals surface area contributed by atoms with Gasteiger partial charge in [-0.15, -0.1) is 6.42 Å². The molecule has 0 bridgehead atoms. The summed E-state index contributed by atoms with van der Waals surface area (Å²) in [6.07, 6.45) is 5.69. The van der Waals surface area contributed by atoms with E-state index in [1.807, 2.05) is 0 Å². The van der Waals surface area contributed by atoms with Crippen molar-refractivity contribution in [1.82, 2.24) is 5.32 Å². The van der Waals surface area contributed by atoms with Crippen LogP contribution in [-0.4, -0.2) is 18.9 Å². The normalized spacial score (nSPS) is 16.6. The predicted octanol–water partition coefficient (Wildman–Crippen LogP) is 0.0114. The van der Waals surface area contributed by atoms with Crippen molar-refractivity contribution in [2.45, 2.75) is 6.42 Å². The summed E-state index contributed by atoms with van der Waals surface area (Å²) < 4.78 is 0. The van der Waals surface area contributed by atoms with E-state index in [9.17, 15) is 0 Å². The number of hydrogen-bond acceptors (Lipinski definition) is 2. The molecule has 0 aliphatic carbocycles. The summed E-state index contributed by atoms with van der Waals surface area (Å²) >= 11 is 0. The first-order valence-electron chi connectivity index (χ1n) is 2.64. The van der Waals surface area contributed by atoms with Gasteiger partial charge in [0.25, 0.3) is 0 Å². The fourth-order valence-corrected chi connectivity index (χ4v) is 0.662. The topological polar surface area (TPSA) is 24.4 Å². The van der Waals surface area contributed by atoms with Crippen LogP contribution in [0.15, 0.2) is 4.99 Å². The molecule has 42 valence electrons. The highest BCUT2D eigenvalue weighted by Crippen LogP contribution is 1.87. The lowest BCUT2D eigenvalue weighted by molar-refractivity contribution is 0.956. The number of amidine groups is 1. The van der Waals surface area contributed by atoms with Gasteiger partial charge >= 0.3 is 0 Å². The van der Waals surface area contributed by atoms with Crippen LogP contribution in [-0.2, 0) is 0 Å². The van der Waals surface area contributed by atoms with E-state index in [1.54, 1.807) is 0 Å². The second-order valence-corrected chi connectivity index (χ2v) is 1.64. The number of nitrogens with one attached hydrogen (secondary N) is 1. The molecule has 0 amide bonds. The average Bonchev–Trinajstić information content (AvgIpc) is 2.19. The summed E-state index contributed by atoms with van der Waals surface area (Å²) in [4.78, 5) is 4.09. The number of hydrogen-bond donors (Lipinski definition) is 1. The maximum absolute atomic E-state index is 5.04. The van der Waals surface area contributed by atoms with Crippen LogP contribution in [0.25, 0.3) is 0 Å². The molecule has 0 aromatic rings. The number of rotatable bonds is 1. The summed E-state index contributed by atoms with van der Waals surface area (Å²) in [5.74, 6) is 3.48. The van der Waals surface area contributed by atoms with Gasteiger partial charge in [-0.2, -0.15) is 0 Å². The molecule has 1 N–H and O–H groups in total. The average molecular weight is 108 g/mol. The molecule has 1 aliphatic heterocycles. The molecule has 8 heavy (non-hydrogen) atoms. The van der Waals surface area contributed by atoms with Crippen molar-refractivity contribution in [2.24, 2.45) is 4.99 Å². The van der Waals surface area contributed by atoms with Gasteiger partial charge < -0.3 is 5.32 Å². The predicted molar refractivity (Wildman–Crippen MR) is 33.8 cm³/mol. The van der Waals surface area contributed by atoms with Crippen molar-refractivity contribution in [1.29, 1.82) is 0 Å². The molecule has 2 nitrogen and oxygen atoms in total. The van der Waals surface area contributed by atoms with Crippen LogP contribution in [0.3, 0.4) is 0 Å². The van der Waals surface area contributed by atoms with Gasteiger partial charge in [-0.3, -0.25) is 4.99 Å². The van der Waals surface area contributed by atoms with Crippen LogP contribution >= 0.6 is 0 Å². The lowest BCUT2D eigenvalue weighted by Crippen LogP contribution is -2.17. The van der Waals surface area contributed by atoms with Crippen molar-refractivity contribution in [2.75, 3.05) is 13.1 Å². The van der Waals surface area contributed by atoms with Gasteiger partial charge in [-0.1, -0.05) is 5.92 Å². The van der Waals surface area contributed by atoms with Crippen molar-refractivity contribution < 1.29 is 0 Å². The number of nitrogens with zero attached hydrogens (tertiary/aromatic N) is 1. The zero-order valence-electron chi connectivity index (χ0n) is 4.65. The second-order valence-electron chi connectivity index (χ2n) is 1.64. The fraction of sp³-hybridized carbons (Fsp3) is 0.500. The summed E-state index contributed by atoms with van der Waals surface area (Å²) in [6, 6.07) is 0. The molecule has 1 heterocycles. The Balaban J connectivity index is 2.36. The van der Waals surface area contributed by atoms with E-state index in [2.05, 4.69) is 16.2 Å². The SMILES string of the molecule is C#CCC1=NCCN1. The molecule has 0 atom stereocenters. The van der Waals surface area contributed by atoms with Crippen molar-refractivity contribution in [3.8, 4) is 12.3 Å². The minimum Gasteiger partial charge on any atom is -0.371 e. The quantitative estimate of drug-likeness (QED) is 0.470. The third kappa shape index (κ3) is 1.00. The van der Waals surface area contributed by atoms with Crippen LogP contribution in [0.1, 0.15) is 6.42 Å². The van der Waals surface area contributed by atoms with E-state index in [1.165, 1.54) is 0 Å². The van der Waals surface area contributed by atoms with Gasteiger partial charge in [0.15, 0.2) is 0 Å². The largest absolute Gasteiger partial charge is 0.371 e. The van der Waals surface area contributed by atoms with E-state index in [0.29, 0.717) is 6.42 Å². The van der Waals surface area contributed by atoms with Crippen molar-refractivity contribution in [3.63, 3.8) is 0 Å². The summed E-state index contributed by atoms with van der Waals surface area (Å²) in [5.41, 5.74) is 0. The van der Waals surface area contributed by atoms with Gasteiger partial charge in [-0.25, -0.2) is 0 Å². The van der Waals surface area contributed by atoms with Gasteiger partial charge in [0.1, 0.15) is 5.84 Å². The Morgan fingerprint density at radius 1 is 1.88 bits per heavy atom. The highest BCUT2D eigenvalue weighted by Gasteiger charge is 2.00. The number of aliphatic imine (C=N–C) groups is 1. The lowest BCUT2D eigenvalue weighted by Gasteiger charge is -1.91. The van der Waals surface area contributed by atoms with Gasteiger partial charge in [0, 0.05) is 6.54 Å². The zero-order valence-corrected chi connectivity index (χ0v) is 4.65. The molecule has 0 aromatic heterocycles. The van der Waals surface area contributed by atoms with Crippen molar-refractivity contribution in [3.05, 3.63) is 0 Å². The Morgan fingerprint density at radius 2 is 2.75 bits per heavy atom. The summed E-state index contributed by atoms with van der Waals surface area (Å²) in [6.45, 7) is 1.84. The Morgan fingerprint density at radius 3 is 3.25 bits per heavy atom. The molecular weight excluding hydrogens is 100 g/mol. The third-order valence-corrected chi connectivity index (χ3v) is 1.01. The van der Waals surface area contributed by atoms with Gasteiger partial charge in [-0.05, 0) is 0 Å². The second kappa shape index (κ2) is 2.37. The fourth-order valence-electron chi connectivity index (χ4n) is 0.662. The molecule has 1 rings (SSSR count). The highest BCUT2D eigenvalue weighted by molar-refractivity contribution is 5.85. The molecule has 0 aromatic carbocycles. The summed E-state index contributed by atoms with van der Waals surface area (Å²) in [5, 5.41) is 3.06. The van der Waals surface area contributed by atoms with Gasteiger partial charge in [0.05, 0.1) is 13.0 Å². The lowest BCUT2D eigenvalue weighted by atomic mass is 10.4. The molecular formula is C6H8N2. The Hall–Kier alpha value is -0.970. The van der Waals surface area contributed by atoms with E-state index in [-0.39, 0.29) is 0 Å². The maximum atomic E-state index is 5.04. The summed E-state index contributed by atoms with van der Waals surface area (Å²) in [7, 11) is 0. The molecule has 0 unspecified atom stereocenters. The number of terminal acetylenes is 1.